The van der Waals surface area contributed by atoms with Crippen molar-refractivity contribution in [3.05, 3.63) is 75.8 Å². The molecule has 28 heavy (non-hydrogen) atoms. The number of benzene rings is 1. The van der Waals surface area contributed by atoms with Gasteiger partial charge in [0.25, 0.3) is 11.5 Å². The number of methoxy groups -OCH3 is 1. The maximum atomic E-state index is 12.9. The van der Waals surface area contributed by atoms with Crippen LogP contribution in [0.15, 0.2) is 53.5 Å². The van der Waals surface area contributed by atoms with Crippen molar-refractivity contribution in [3.63, 3.8) is 0 Å². The number of hydrogen-bond donors (Lipinski definition) is 1. The predicted molar refractivity (Wildman–Crippen MR) is 107 cm³/mol. The van der Waals surface area contributed by atoms with E-state index in [9.17, 15) is 9.59 Å². The highest BCUT2D eigenvalue weighted by molar-refractivity contribution is 5.98. The number of hydrogen-bond acceptors (Lipinski definition) is 4. The molecular weight excluding hydrogens is 356 g/mol. The largest absolute Gasteiger partial charge is 0.496 e. The van der Waals surface area contributed by atoms with Gasteiger partial charge in [-0.15, -0.1) is 0 Å². The molecule has 1 aromatic carbocycles. The Morgan fingerprint density at radius 1 is 1.21 bits per heavy atom. The van der Waals surface area contributed by atoms with E-state index in [4.69, 9.17) is 4.74 Å². The Morgan fingerprint density at radius 2 is 2.00 bits per heavy atom. The summed E-state index contributed by atoms with van der Waals surface area (Å²) in [7, 11) is 3.33. The first kappa shape index (κ1) is 17.8. The van der Waals surface area contributed by atoms with Gasteiger partial charge in [-0.1, -0.05) is 24.3 Å². The van der Waals surface area contributed by atoms with Crippen LogP contribution in [0.1, 0.15) is 21.6 Å². The van der Waals surface area contributed by atoms with Gasteiger partial charge < -0.3 is 14.6 Å². The maximum Gasteiger partial charge on any atom is 0.268 e. The number of rotatable bonds is 4. The number of aromatic nitrogens is 3. The second kappa shape index (κ2) is 6.84. The molecule has 0 saturated heterocycles. The van der Waals surface area contributed by atoms with Crippen molar-refractivity contribution < 1.29 is 9.53 Å². The van der Waals surface area contributed by atoms with Crippen LogP contribution in [-0.2, 0) is 13.6 Å². The monoisotopic (exact) mass is 376 g/mol. The highest BCUT2D eigenvalue weighted by Crippen LogP contribution is 2.18. The summed E-state index contributed by atoms with van der Waals surface area (Å²) in [5.41, 5.74) is 3.05. The average molecular weight is 376 g/mol. The van der Waals surface area contributed by atoms with E-state index in [2.05, 4.69) is 10.3 Å². The molecule has 0 atom stereocenters. The summed E-state index contributed by atoms with van der Waals surface area (Å²) in [6.45, 7) is 2.23. The summed E-state index contributed by atoms with van der Waals surface area (Å²) in [5, 5.41) is 3.30. The molecular formula is C21H20N4O3. The van der Waals surface area contributed by atoms with Gasteiger partial charge in [-0.3, -0.25) is 14.0 Å². The SMILES string of the molecule is COc1ccccc1CNC(=O)c1cc2c(=O)n3cc(C)ccc3nc2n1C. The van der Waals surface area contributed by atoms with E-state index in [-0.39, 0.29) is 11.5 Å². The number of nitrogens with zero attached hydrogens (tertiary/aromatic N) is 3. The molecule has 0 spiro atoms. The van der Waals surface area contributed by atoms with Crippen LogP contribution in [-0.4, -0.2) is 27.0 Å². The summed E-state index contributed by atoms with van der Waals surface area (Å²) in [5.74, 6) is 0.428. The topological polar surface area (TPSA) is 77.6 Å². The molecule has 0 fully saturated rings. The number of carbonyl (C=O) groups is 1. The van der Waals surface area contributed by atoms with E-state index < -0.39 is 0 Å². The van der Waals surface area contributed by atoms with Crippen molar-refractivity contribution in [3.8, 4) is 5.75 Å². The Bertz CT molecular complexity index is 1270. The number of para-hydroxylation sites is 1. The van der Waals surface area contributed by atoms with Gasteiger partial charge in [-0.25, -0.2) is 4.98 Å². The molecule has 3 heterocycles. The third kappa shape index (κ3) is 2.90. The smallest absolute Gasteiger partial charge is 0.268 e. The summed E-state index contributed by atoms with van der Waals surface area (Å²) in [6.07, 6.45) is 1.75. The van der Waals surface area contributed by atoms with Crippen LogP contribution in [0.4, 0.5) is 0 Å². The Hall–Kier alpha value is -3.61. The van der Waals surface area contributed by atoms with E-state index in [1.165, 1.54) is 4.40 Å². The molecule has 0 aliphatic rings. The molecule has 0 aliphatic heterocycles. The van der Waals surface area contributed by atoms with Crippen LogP contribution < -0.4 is 15.6 Å². The first-order valence-electron chi connectivity index (χ1n) is 8.88. The van der Waals surface area contributed by atoms with Gasteiger partial charge in [0, 0.05) is 25.4 Å². The molecule has 4 rings (SSSR count). The minimum Gasteiger partial charge on any atom is -0.496 e. The van der Waals surface area contributed by atoms with E-state index in [0.717, 1.165) is 11.1 Å². The Balaban J connectivity index is 1.71. The first-order valence-corrected chi connectivity index (χ1v) is 8.88. The fourth-order valence-electron chi connectivity index (χ4n) is 3.31. The maximum absolute atomic E-state index is 12.9. The lowest BCUT2D eigenvalue weighted by Gasteiger charge is -2.10. The standard InChI is InChI=1S/C21H20N4O3/c1-13-8-9-18-23-19-15(21(27)25(18)12-13)10-16(24(19)2)20(26)22-11-14-6-4-5-7-17(14)28-3/h4-10,12H,11H2,1-3H3,(H,22,26). The number of carbonyl (C=O) groups excluding carboxylic acids is 1. The average Bonchev–Trinajstić information content (AvgIpc) is 3.04. The second-order valence-corrected chi connectivity index (χ2v) is 6.67. The van der Waals surface area contributed by atoms with Gasteiger partial charge in [0.2, 0.25) is 0 Å². The summed E-state index contributed by atoms with van der Waals surface area (Å²) in [6, 6.07) is 12.8. The summed E-state index contributed by atoms with van der Waals surface area (Å²) >= 11 is 0. The Morgan fingerprint density at radius 3 is 2.79 bits per heavy atom. The molecule has 7 heteroatoms. The number of ether oxygens (including phenoxy) is 1. The number of fused-ring (bicyclic) bond motifs is 2. The summed E-state index contributed by atoms with van der Waals surface area (Å²) in [4.78, 5) is 30.2. The van der Waals surface area contributed by atoms with E-state index in [1.54, 1.807) is 37.1 Å². The fourth-order valence-corrected chi connectivity index (χ4v) is 3.31. The third-order valence-corrected chi connectivity index (χ3v) is 4.81. The third-order valence-electron chi connectivity index (χ3n) is 4.81. The fraction of sp³-hybridized carbons (Fsp3) is 0.190. The van der Waals surface area contributed by atoms with Crippen LogP contribution in [0.3, 0.4) is 0 Å². The lowest BCUT2D eigenvalue weighted by Crippen LogP contribution is -2.25. The molecule has 7 nitrogen and oxygen atoms in total. The minimum absolute atomic E-state index is 0.192. The van der Waals surface area contributed by atoms with Crippen LogP contribution in [0.5, 0.6) is 5.75 Å². The van der Waals surface area contributed by atoms with Gasteiger partial charge in [-0.2, -0.15) is 0 Å². The highest BCUT2D eigenvalue weighted by atomic mass is 16.5. The predicted octanol–water partition coefficient (Wildman–Crippen LogP) is 2.43. The first-order chi connectivity index (χ1) is 13.5. The number of nitrogens with one attached hydrogen (secondary N) is 1. The molecule has 1 amide bonds. The Labute approximate surface area is 161 Å². The molecule has 0 bridgehead atoms. The van der Waals surface area contributed by atoms with Crippen molar-refractivity contribution >= 4 is 22.6 Å². The number of pyridine rings is 1. The molecule has 0 aliphatic carbocycles. The molecule has 142 valence electrons. The van der Waals surface area contributed by atoms with E-state index in [0.29, 0.717) is 34.7 Å². The number of amides is 1. The zero-order valence-electron chi connectivity index (χ0n) is 15.9. The molecule has 3 aromatic heterocycles. The van der Waals surface area contributed by atoms with Crippen molar-refractivity contribution in [1.82, 2.24) is 19.3 Å². The zero-order valence-corrected chi connectivity index (χ0v) is 15.9. The van der Waals surface area contributed by atoms with Gasteiger partial charge in [0.1, 0.15) is 22.7 Å². The van der Waals surface area contributed by atoms with Gasteiger partial charge >= 0.3 is 0 Å². The Kier molecular flexibility index (Phi) is 4.35. The molecule has 0 saturated carbocycles. The number of aryl methyl sites for hydroxylation is 2. The molecule has 1 N–H and O–H groups in total. The molecule has 0 radical (unpaired) electrons. The highest BCUT2D eigenvalue weighted by Gasteiger charge is 2.18. The molecule has 4 aromatic rings. The van der Waals surface area contributed by atoms with Crippen molar-refractivity contribution in [2.45, 2.75) is 13.5 Å². The zero-order chi connectivity index (χ0) is 19.8. The van der Waals surface area contributed by atoms with Crippen LogP contribution >= 0.6 is 0 Å². The lowest BCUT2D eigenvalue weighted by atomic mass is 10.2. The summed E-state index contributed by atoms with van der Waals surface area (Å²) < 4.78 is 8.47. The second-order valence-electron chi connectivity index (χ2n) is 6.67. The van der Waals surface area contributed by atoms with E-state index >= 15 is 0 Å². The van der Waals surface area contributed by atoms with E-state index in [1.807, 2.05) is 37.3 Å². The van der Waals surface area contributed by atoms with Crippen LogP contribution in [0.25, 0.3) is 16.7 Å². The van der Waals surface area contributed by atoms with Gasteiger partial charge in [0.05, 0.1) is 12.5 Å². The van der Waals surface area contributed by atoms with Crippen LogP contribution in [0.2, 0.25) is 0 Å². The van der Waals surface area contributed by atoms with Crippen LogP contribution in [0, 0.1) is 6.92 Å². The van der Waals surface area contributed by atoms with Gasteiger partial charge in [-0.05, 0) is 30.7 Å². The minimum atomic E-state index is -0.281. The lowest BCUT2D eigenvalue weighted by molar-refractivity contribution is 0.0943. The van der Waals surface area contributed by atoms with Crippen molar-refractivity contribution in [2.24, 2.45) is 7.05 Å². The van der Waals surface area contributed by atoms with Crippen molar-refractivity contribution in [1.29, 1.82) is 0 Å². The normalized spacial score (nSPS) is 11.1. The quantitative estimate of drug-likeness (QED) is 0.593. The molecule has 0 unspecified atom stereocenters. The van der Waals surface area contributed by atoms with Gasteiger partial charge in [0.15, 0.2) is 0 Å². The van der Waals surface area contributed by atoms with Crippen molar-refractivity contribution in [2.75, 3.05) is 7.11 Å².